The third kappa shape index (κ3) is 4.49. The van der Waals surface area contributed by atoms with Crippen molar-refractivity contribution in [2.24, 2.45) is 5.73 Å². The van der Waals surface area contributed by atoms with Crippen LogP contribution in [0.5, 0.6) is 0 Å². The summed E-state index contributed by atoms with van der Waals surface area (Å²) in [7, 11) is 0. The molecule has 154 valence electrons. The van der Waals surface area contributed by atoms with E-state index in [1.54, 1.807) is 0 Å². The van der Waals surface area contributed by atoms with E-state index in [0.29, 0.717) is 0 Å². The highest BCUT2D eigenvalue weighted by Gasteiger charge is 2.50. The number of hydrogen-bond donors (Lipinski definition) is 8. The van der Waals surface area contributed by atoms with Gasteiger partial charge >= 0.3 is 0 Å². The standard InChI is InChI=1S/C14H27NO11/c15-1-2-23-13-11(22)9(20)12(6(4-17)25-13)26-14-10(21)8(19)7(18)5(3-16)24-14/h5-14,16-22H,1-4,15H2/t5?,6?,7-,8+,9-,10?,11?,12+,13+,14-/m1/s1. The Hall–Kier alpha value is -0.480. The predicted octanol–water partition coefficient (Wildman–Crippen LogP) is -5.41. The average molecular weight is 385 g/mol. The molecular weight excluding hydrogens is 358 g/mol. The summed E-state index contributed by atoms with van der Waals surface area (Å²) in [5, 5.41) is 68.6. The van der Waals surface area contributed by atoms with Gasteiger partial charge in [-0.25, -0.2) is 0 Å². The Labute approximate surface area is 149 Å². The normalized spacial score (nSPS) is 47.1. The largest absolute Gasteiger partial charge is 0.394 e. The smallest absolute Gasteiger partial charge is 0.187 e. The summed E-state index contributed by atoms with van der Waals surface area (Å²) in [6.45, 7) is -1.08. The molecule has 26 heavy (non-hydrogen) atoms. The quantitative estimate of drug-likeness (QED) is 0.207. The lowest BCUT2D eigenvalue weighted by molar-refractivity contribution is -0.359. The fourth-order valence-corrected chi connectivity index (χ4v) is 2.88. The third-order valence-corrected chi connectivity index (χ3v) is 4.36. The van der Waals surface area contributed by atoms with Gasteiger partial charge in [-0.2, -0.15) is 0 Å². The van der Waals surface area contributed by atoms with Crippen LogP contribution >= 0.6 is 0 Å². The molecule has 12 nitrogen and oxygen atoms in total. The molecule has 2 aliphatic heterocycles. The van der Waals surface area contributed by atoms with Crippen molar-refractivity contribution in [3.8, 4) is 0 Å². The maximum Gasteiger partial charge on any atom is 0.187 e. The summed E-state index contributed by atoms with van der Waals surface area (Å²) in [5.74, 6) is 0. The van der Waals surface area contributed by atoms with Gasteiger partial charge in [0.25, 0.3) is 0 Å². The van der Waals surface area contributed by atoms with Crippen molar-refractivity contribution in [3.05, 3.63) is 0 Å². The summed E-state index contributed by atoms with van der Waals surface area (Å²) in [5.41, 5.74) is 5.30. The maximum absolute atomic E-state index is 10.3. The molecule has 4 unspecified atom stereocenters. The van der Waals surface area contributed by atoms with Crippen LogP contribution in [-0.4, -0.2) is 124 Å². The molecule has 12 heteroatoms. The van der Waals surface area contributed by atoms with Gasteiger partial charge in [-0.15, -0.1) is 0 Å². The van der Waals surface area contributed by atoms with Crippen molar-refractivity contribution in [1.29, 1.82) is 0 Å². The summed E-state index contributed by atoms with van der Waals surface area (Å²) in [6.07, 6.45) is -14.6. The van der Waals surface area contributed by atoms with Crippen LogP contribution in [0.15, 0.2) is 0 Å². The van der Waals surface area contributed by atoms with E-state index < -0.39 is 74.6 Å². The Morgan fingerprint density at radius 3 is 1.88 bits per heavy atom. The van der Waals surface area contributed by atoms with Gasteiger partial charge in [0.05, 0.1) is 19.8 Å². The van der Waals surface area contributed by atoms with Crippen LogP contribution in [0.3, 0.4) is 0 Å². The molecule has 0 aliphatic carbocycles. The second-order valence-electron chi connectivity index (χ2n) is 6.16. The summed E-state index contributed by atoms with van der Waals surface area (Å²) >= 11 is 0. The number of ether oxygens (including phenoxy) is 4. The van der Waals surface area contributed by atoms with Gasteiger partial charge in [0, 0.05) is 6.54 Å². The second kappa shape index (κ2) is 9.64. The van der Waals surface area contributed by atoms with E-state index in [1.165, 1.54) is 0 Å². The molecule has 2 heterocycles. The van der Waals surface area contributed by atoms with Gasteiger partial charge in [0.2, 0.25) is 0 Å². The SMILES string of the molecule is NCCO[C@H]1OC(CO)[C@H](O[C@H]2OC(CO)[C@@H](O)[C@H](O)C2O)[C@H](O)C1O. The Bertz CT molecular complexity index is 426. The molecule has 9 N–H and O–H groups in total. The van der Waals surface area contributed by atoms with Gasteiger partial charge in [0.1, 0.15) is 48.8 Å². The molecule has 0 aromatic rings. The average Bonchev–Trinajstić information content (AvgIpc) is 2.64. The molecule has 0 radical (unpaired) electrons. The van der Waals surface area contributed by atoms with Gasteiger partial charge in [0.15, 0.2) is 12.6 Å². The van der Waals surface area contributed by atoms with Crippen molar-refractivity contribution >= 4 is 0 Å². The zero-order valence-corrected chi connectivity index (χ0v) is 13.9. The first-order chi connectivity index (χ1) is 12.3. The lowest BCUT2D eigenvalue weighted by Gasteiger charge is -2.45. The first-order valence-corrected chi connectivity index (χ1v) is 8.25. The molecule has 2 saturated heterocycles. The molecule has 0 amide bonds. The van der Waals surface area contributed by atoms with Crippen LogP contribution in [0, 0.1) is 0 Å². The fraction of sp³-hybridized carbons (Fsp3) is 1.00. The lowest BCUT2D eigenvalue weighted by Crippen LogP contribution is -2.64. The van der Waals surface area contributed by atoms with Gasteiger partial charge < -0.3 is 60.4 Å². The van der Waals surface area contributed by atoms with E-state index in [0.717, 1.165) is 0 Å². The number of hydrogen-bond acceptors (Lipinski definition) is 12. The van der Waals surface area contributed by atoms with Crippen LogP contribution in [-0.2, 0) is 18.9 Å². The number of aliphatic hydroxyl groups excluding tert-OH is 7. The first-order valence-electron chi connectivity index (χ1n) is 8.25. The van der Waals surface area contributed by atoms with Crippen LogP contribution in [0.1, 0.15) is 0 Å². The topological polar surface area (TPSA) is 205 Å². The molecular formula is C14H27NO11. The predicted molar refractivity (Wildman–Crippen MR) is 81.4 cm³/mol. The molecule has 0 aromatic carbocycles. The molecule has 0 bridgehead atoms. The van der Waals surface area contributed by atoms with Gasteiger partial charge in [-0.3, -0.25) is 0 Å². The first kappa shape index (κ1) is 21.8. The maximum atomic E-state index is 10.3. The van der Waals surface area contributed by atoms with Crippen LogP contribution < -0.4 is 5.73 Å². The molecule has 2 fully saturated rings. The summed E-state index contributed by atoms with van der Waals surface area (Å²) < 4.78 is 21.1. The van der Waals surface area contributed by atoms with E-state index in [2.05, 4.69) is 0 Å². The van der Waals surface area contributed by atoms with Gasteiger partial charge in [-0.05, 0) is 0 Å². The third-order valence-electron chi connectivity index (χ3n) is 4.36. The molecule has 2 rings (SSSR count). The van der Waals surface area contributed by atoms with Crippen molar-refractivity contribution in [3.63, 3.8) is 0 Å². The zero-order valence-electron chi connectivity index (χ0n) is 13.9. The minimum absolute atomic E-state index is 0.0465. The van der Waals surface area contributed by atoms with Crippen LogP contribution in [0.25, 0.3) is 0 Å². The summed E-state index contributed by atoms with van der Waals surface area (Å²) in [4.78, 5) is 0. The zero-order chi connectivity index (χ0) is 19.4. The van der Waals surface area contributed by atoms with E-state index in [-0.39, 0.29) is 13.2 Å². The van der Waals surface area contributed by atoms with Crippen LogP contribution in [0.2, 0.25) is 0 Å². The highest BCUT2D eigenvalue weighted by atomic mass is 16.7. The molecule has 0 aromatic heterocycles. The monoisotopic (exact) mass is 385 g/mol. The fourth-order valence-electron chi connectivity index (χ4n) is 2.88. The number of aliphatic hydroxyl groups is 7. The lowest BCUT2D eigenvalue weighted by atomic mass is 9.97. The number of nitrogens with two attached hydrogens (primary N) is 1. The molecule has 0 saturated carbocycles. The van der Waals surface area contributed by atoms with E-state index in [1.807, 2.05) is 0 Å². The molecule has 2 aliphatic rings. The minimum atomic E-state index is -1.71. The van der Waals surface area contributed by atoms with Crippen molar-refractivity contribution in [2.75, 3.05) is 26.4 Å². The molecule has 0 spiro atoms. The van der Waals surface area contributed by atoms with Crippen LogP contribution in [0.4, 0.5) is 0 Å². The van der Waals surface area contributed by atoms with Gasteiger partial charge in [-0.1, -0.05) is 0 Å². The highest BCUT2D eigenvalue weighted by molar-refractivity contribution is 4.94. The van der Waals surface area contributed by atoms with Crippen molar-refractivity contribution < 1.29 is 54.7 Å². The Morgan fingerprint density at radius 2 is 1.31 bits per heavy atom. The van der Waals surface area contributed by atoms with E-state index in [4.69, 9.17) is 24.7 Å². The minimum Gasteiger partial charge on any atom is -0.394 e. The van der Waals surface area contributed by atoms with Crippen molar-refractivity contribution in [1.82, 2.24) is 0 Å². The van der Waals surface area contributed by atoms with E-state index >= 15 is 0 Å². The summed E-state index contributed by atoms with van der Waals surface area (Å²) in [6, 6.07) is 0. The highest BCUT2D eigenvalue weighted by Crippen LogP contribution is 2.29. The number of rotatable bonds is 7. The van der Waals surface area contributed by atoms with Crippen molar-refractivity contribution in [2.45, 2.75) is 61.4 Å². The Balaban J connectivity index is 2.09. The van der Waals surface area contributed by atoms with E-state index in [9.17, 15) is 35.7 Å². The molecule has 10 atom stereocenters. The Morgan fingerprint density at radius 1 is 0.731 bits per heavy atom. The second-order valence-corrected chi connectivity index (χ2v) is 6.16. The Kier molecular flexibility index (Phi) is 8.08.